The summed E-state index contributed by atoms with van der Waals surface area (Å²) in [5, 5.41) is 7.18. The van der Waals surface area contributed by atoms with Crippen molar-refractivity contribution >= 4 is 23.4 Å². The summed E-state index contributed by atoms with van der Waals surface area (Å²) in [6, 6.07) is 5.77. The van der Waals surface area contributed by atoms with Crippen molar-refractivity contribution in [1.29, 1.82) is 0 Å². The molecule has 1 aliphatic rings. The quantitative estimate of drug-likeness (QED) is 0.897. The lowest BCUT2D eigenvalue weighted by Crippen LogP contribution is -2.38. The molecule has 1 aliphatic heterocycles. The molecule has 1 aromatic carbocycles. The van der Waals surface area contributed by atoms with Gasteiger partial charge < -0.3 is 14.7 Å². The van der Waals surface area contributed by atoms with Gasteiger partial charge in [0.05, 0.1) is 6.54 Å². The molecular formula is C17H22N4O2S. The molecule has 2 aromatic rings. The van der Waals surface area contributed by atoms with Crippen molar-refractivity contribution in [2.24, 2.45) is 0 Å². The average Bonchev–Trinajstić information content (AvgIpc) is 3.09. The molecule has 0 unspecified atom stereocenters. The van der Waals surface area contributed by atoms with E-state index in [0.717, 1.165) is 47.8 Å². The van der Waals surface area contributed by atoms with Crippen molar-refractivity contribution in [1.82, 2.24) is 15.0 Å². The predicted octanol–water partition coefficient (Wildman–Crippen LogP) is 2.74. The minimum atomic E-state index is 0.113. The summed E-state index contributed by atoms with van der Waals surface area (Å²) >= 11 is 1.90. The molecule has 0 bridgehead atoms. The fraction of sp³-hybridized carbons (Fsp3) is 0.471. The highest BCUT2D eigenvalue weighted by Gasteiger charge is 2.20. The van der Waals surface area contributed by atoms with E-state index in [1.54, 1.807) is 0 Å². The second-order valence-corrected chi connectivity index (χ2v) is 6.92. The smallest absolute Gasteiger partial charge is 0.254 e. The third-order valence-electron chi connectivity index (χ3n) is 4.12. The fourth-order valence-corrected chi connectivity index (χ4v) is 3.58. The highest BCUT2D eigenvalue weighted by Crippen LogP contribution is 2.22. The van der Waals surface area contributed by atoms with Gasteiger partial charge in [-0.1, -0.05) is 18.1 Å². The zero-order valence-corrected chi connectivity index (χ0v) is 14.9. The first-order valence-electron chi connectivity index (χ1n) is 8.21. The summed E-state index contributed by atoms with van der Waals surface area (Å²) in [6.45, 7) is 6.05. The van der Waals surface area contributed by atoms with Crippen LogP contribution >= 0.6 is 11.8 Å². The molecule has 0 radical (unpaired) electrons. The lowest BCUT2D eigenvalue weighted by molar-refractivity contribution is 0.0771. The van der Waals surface area contributed by atoms with E-state index in [-0.39, 0.29) is 5.91 Å². The highest BCUT2D eigenvalue weighted by atomic mass is 32.2. The first-order chi connectivity index (χ1) is 11.7. The van der Waals surface area contributed by atoms with Crippen LogP contribution < -0.4 is 5.32 Å². The Bertz CT molecular complexity index is 710. The largest absolute Gasteiger partial charge is 0.376 e. The Labute approximate surface area is 146 Å². The third-order valence-corrected chi connectivity index (χ3v) is 5.06. The number of anilines is 1. The molecule has 24 heavy (non-hydrogen) atoms. The van der Waals surface area contributed by atoms with Crippen LogP contribution in [0.1, 0.15) is 34.6 Å². The van der Waals surface area contributed by atoms with Crippen LogP contribution in [0.2, 0.25) is 0 Å². The maximum absolute atomic E-state index is 12.7. The molecule has 0 atom stereocenters. The van der Waals surface area contributed by atoms with Gasteiger partial charge in [-0.15, -0.1) is 0 Å². The number of thioether (sulfide) groups is 1. The zero-order chi connectivity index (χ0) is 16.9. The summed E-state index contributed by atoms with van der Waals surface area (Å²) in [4.78, 5) is 19.0. The second kappa shape index (κ2) is 7.70. The Morgan fingerprint density at radius 3 is 2.88 bits per heavy atom. The molecule has 0 saturated carbocycles. The number of carbonyl (C=O) groups is 1. The Hall–Kier alpha value is -2.02. The van der Waals surface area contributed by atoms with Gasteiger partial charge >= 0.3 is 0 Å². The second-order valence-electron chi connectivity index (χ2n) is 5.69. The van der Waals surface area contributed by atoms with Gasteiger partial charge in [-0.3, -0.25) is 4.79 Å². The fourth-order valence-electron chi connectivity index (χ4n) is 2.67. The molecule has 1 fully saturated rings. The van der Waals surface area contributed by atoms with Gasteiger partial charge in [-0.25, -0.2) is 0 Å². The topological polar surface area (TPSA) is 71.3 Å². The summed E-state index contributed by atoms with van der Waals surface area (Å²) in [5.41, 5.74) is 2.63. The van der Waals surface area contributed by atoms with E-state index in [9.17, 15) is 4.79 Å². The number of nitrogens with zero attached hydrogens (tertiary/aromatic N) is 3. The number of aromatic nitrogens is 2. The Balaban J connectivity index is 1.71. The first-order valence-corrected chi connectivity index (χ1v) is 9.36. The predicted molar refractivity (Wildman–Crippen MR) is 95.4 cm³/mol. The van der Waals surface area contributed by atoms with Crippen molar-refractivity contribution in [3.8, 4) is 0 Å². The molecule has 1 saturated heterocycles. The van der Waals surface area contributed by atoms with Crippen molar-refractivity contribution in [3.05, 3.63) is 41.0 Å². The number of benzene rings is 1. The SMILES string of the molecule is CCc1noc(CNc2cccc(C(=O)N3CCSCC3)c2C)n1. The molecule has 7 heteroatoms. The highest BCUT2D eigenvalue weighted by molar-refractivity contribution is 7.99. The molecule has 0 aliphatic carbocycles. The normalized spacial score (nSPS) is 14.7. The number of hydrogen-bond acceptors (Lipinski definition) is 6. The van der Waals surface area contributed by atoms with E-state index >= 15 is 0 Å². The third kappa shape index (κ3) is 3.72. The van der Waals surface area contributed by atoms with Gasteiger partial charge in [0.25, 0.3) is 5.91 Å². The monoisotopic (exact) mass is 346 g/mol. The number of aryl methyl sites for hydroxylation is 1. The van der Waals surface area contributed by atoms with Crippen LogP contribution in [-0.2, 0) is 13.0 Å². The standard InChI is InChI=1S/C17H22N4O2S/c1-3-15-19-16(23-20-15)11-18-14-6-4-5-13(12(14)2)17(22)21-7-9-24-10-8-21/h4-6,18H,3,7-11H2,1-2H3. The number of amides is 1. The Morgan fingerprint density at radius 1 is 1.38 bits per heavy atom. The summed E-state index contributed by atoms with van der Waals surface area (Å²) in [7, 11) is 0. The number of carbonyl (C=O) groups excluding carboxylic acids is 1. The summed E-state index contributed by atoms with van der Waals surface area (Å²) in [6.07, 6.45) is 0.751. The van der Waals surface area contributed by atoms with E-state index in [0.29, 0.717) is 18.3 Å². The van der Waals surface area contributed by atoms with Crippen LogP contribution in [0.4, 0.5) is 5.69 Å². The maximum Gasteiger partial charge on any atom is 0.254 e. The van der Waals surface area contributed by atoms with Crippen LogP contribution in [-0.4, -0.2) is 45.5 Å². The van der Waals surface area contributed by atoms with E-state index in [1.807, 2.05) is 48.7 Å². The van der Waals surface area contributed by atoms with Crippen LogP contribution in [0.3, 0.4) is 0 Å². The molecule has 6 nitrogen and oxygen atoms in total. The number of nitrogens with one attached hydrogen (secondary N) is 1. The summed E-state index contributed by atoms with van der Waals surface area (Å²) < 4.78 is 5.19. The molecule has 1 aromatic heterocycles. The van der Waals surface area contributed by atoms with Crippen LogP contribution in [0.25, 0.3) is 0 Å². The molecule has 128 valence electrons. The van der Waals surface area contributed by atoms with E-state index in [2.05, 4.69) is 15.5 Å². The first kappa shape index (κ1) is 16.8. The van der Waals surface area contributed by atoms with Crippen molar-refractivity contribution in [2.45, 2.75) is 26.8 Å². The van der Waals surface area contributed by atoms with E-state index < -0.39 is 0 Å². The molecule has 1 amide bonds. The zero-order valence-electron chi connectivity index (χ0n) is 14.0. The minimum absolute atomic E-state index is 0.113. The maximum atomic E-state index is 12.7. The van der Waals surface area contributed by atoms with Gasteiger partial charge in [-0.2, -0.15) is 16.7 Å². The molecule has 3 rings (SSSR count). The number of hydrogen-bond donors (Lipinski definition) is 1. The lowest BCUT2D eigenvalue weighted by Gasteiger charge is -2.27. The van der Waals surface area contributed by atoms with Crippen LogP contribution in [0.5, 0.6) is 0 Å². The van der Waals surface area contributed by atoms with Gasteiger partial charge in [0.2, 0.25) is 5.89 Å². The average molecular weight is 346 g/mol. The summed E-state index contributed by atoms with van der Waals surface area (Å²) in [5.74, 6) is 3.40. The Morgan fingerprint density at radius 2 is 2.17 bits per heavy atom. The van der Waals surface area contributed by atoms with Crippen molar-refractivity contribution in [3.63, 3.8) is 0 Å². The van der Waals surface area contributed by atoms with Gasteiger partial charge in [0.1, 0.15) is 0 Å². The van der Waals surface area contributed by atoms with Crippen LogP contribution in [0, 0.1) is 6.92 Å². The van der Waals surface area contributed by atoms with Gasteiger partial charge in [-0.05, 0) is 24.6 Å². The van der Waals surface area contributed by atoms with Gasteiger partial charge in [0.15, 0.2) is 5.82 Å². The minimum Gasteiger partial charge on any atom is -0.376 e. The van der Waals surface area contributed by atoms with E-state index in [1.165, 1.54) is 0 Å². The van der Waals surface area contributed by atoms with Crippen LogP contribution in [0.15, 0.2) is 22.7 Å². The molecule has 1 N–H and O–H groups in total. The van der Waals surface area contributed by atoms with Crippen molar-refractivity contribution in [2.75, 3.05) is 29.9 Å². The number of rotatable bonds is 5. The molecule has 0 spiro atoms. The lowest BCUT2D eigenvalue weighted by atomic mass is 10.1. The Kier molecular flexibility index (Phi) is 5.40. The molecule has 2 heterocycles. The molecular weight excluding hydrogens is 324 g/mol. The van der Waals surface area contributed by atoms with E-state index in [4.69, 9.17) is 4.52 Å². The van der Waals surface area contributed by atoms with Crippen molar-refractivity contribution < 1.29 is 9.32 Å². The van der Waals surface area contributed by atoms with Gasteiger partial charge in [0, 0.05) is 42.3 Å².